The van der Waals surface area contributed by atoms with Crippen LogP contribution in [0.1, 0.15) is 22.9 Å². The van der Waals surface area contributed by atoms with Crippen LogP contribution in [0.5, 0.6) is 0 Å². The molecule has 0 saturated heterocycles. The zero-order valence-corrected chi connectivity index (χ0v) is 15.4. The lowest BCUT2D eigenvalue weighted by Crippen LogP contribution is -2.15. The first-order chi connectivity index (χ1) is 13.0. The average molecular weight is 361 g/mol. The van der Waals surface area contributed by atoms with Crippen LogP contribution >= 0.6 is 0 Å². The molecule has 1 N–H and O–H groups in total. The lowest BCUT2D eigenvalue weighted by molar-refractivity contribution is -0.115. The Labute approximate surface area is 156 Å². The van der Waals surface area contributed by atoms with Gasteiger partial charge in [-0.05, 0) is 38.1 Å². The van der Waals surface area contributed by atoms with Crippen molar-refractivity contribution in [2.75, 3.05) is 5.32 Å². The van der Waals surface area contributed by atoms with E-state index in [1.54, 1.807) is 13.0 Å². The summed E-state index contributed by atoms with van der Waals surface area (Å²) in [7, 11) is 0. The van der Waals surface area contributed by atoms with Crippen molar-refractivity contribution in [1.82, 2.24) is 9.97 Å². The zero-order chi connectivity index (χ0) is 19.0. The molecule has 6 heteroatoms. The van der Waals surface area contributed by atoms with Crippen molar-refractivity contribution in [3.8, 4) is 11.5 Å². The van der Waals surface area contributed by atoms with Crippen molar-refractivity contribution in [2.45, 2.75) is 27.2 Å². The van der Waals surface area contributed by atoms with Gasteiger partial charge in [-0.25, -0.2) is 9.97 Å². The molecule has 2 aromatic carbocycles. The van der Waals surface area contributed by atoms with Crippen molar-refractivity contribution in [3.63, 3.8) is 0 Å². The van der Waals surface area contributed by atoms with Gasteiger partial charge in [0.25, 0.3) is 0 Å². The minimum atomic E-state index is -0.191. The number of carbonyl (C=O) groups is 1. The third-order valence-corrected chi connectivity index (χ3v) is 4.28. The van der Waals surface area contributed by atoms with Gasteiger partial charge in [0.15, 0.2) is 11.5 Å². The molecule has 0 aliphatic heterocycles. The number of fused-ring (bicyclic) bond motifs is 1. The summed E-state index contributed by atoms with van der Waals surface area (Å²) < 4.78 is 11.3. The summed E-state index contributed by atoms with van der Waals surface area (Å²) in [5.74, 6) is 1.52. The summed E-state index contributed by atoms with van der Waals surface area (Å²) in [4.78, 5) is 21.3. The van der Waals surface area contributed by atoms with Crippen LogP contribution in [0.4, 0.5) is 5.69 Å². The van der Waals surface area contributed by atoms with Gasteiger partial charge in [-0.15, -0.1) is 0 Å². The summed E-state index contributed by atoms with van der Waals surface area (Å²) in [6.07, 6.45) is 0.116. The highest BCUT2D eigenvalue weighted by molar-refractivity contribution is 5.99. The fourth-order valence-corrected chi connectivity index (χ4v) is 3.00. The third-order valence-electron chi connectivity index (χ3n) is 4.28. The molecule has 0 bridgehead atoms. The van der Waals surface area contributed by atoms with E-state index in [2.05, 4.69) is 15.3 Å². The highest BCUT2D eigenvalue weighted by Crippen LogP contribution is 2.25. The van der Waals surface area contributed by atoms with Gasteiger partial charge in [0, 0.05) is 12.5 Å². The lowest BCUT2D eigenvalue weighted by atomic mass is 10.1. The molecular weight excluding hydrogens is 342 g/mol. The summed E-state index contributed by atoms with van der Waals surface area (Å²) in [6, 6.07) is 13.4. The van der Waals surface area contributed by atoms with Crippen LogP contribution in [0.15, 0.2) is 51.3 Å². The number of hydrogen-bond donors (Lipinski definition) is 1. The normalized spacial score (nSPS) is 11.1. The number of aryl methyl sites for hydroxylation is 3. The molecule has 6 nitrogen and oxygen atoms in total. The predicted octanol–water partition coefficient (Wildman–Crippen LogP) is 4.59. The van der Waals surface area contributed by atoms with Crippen molar-refractivity contribution >= 4 is 22.7 Å². The van der Waals surface area contributed by atoms with Crippen LogP contribution in [0, 0.1) is 20.8 Å². The van der Waals surface area contributed by atoms with E-state index in [0.29, 0.717) is 40.0 Å². The van der Waals surface area contributed by atoms with Crippen molar-refractivity contribution < 1.29 is 13.6 Å². The Morgan fingerprint density at radius 1 is 1.04 bits per heavy atom. The Morgan fingerprint density at radius 2 is 1.85 bits per heavy atom. The Bertz CT molecular complexity index is 1140. The summed E-state index contributed by atoms with van der Waals surface area (Å²) >= 11 is 0. The zero-order valence-electron chi connectivity index (χ0n) is 15.4. The van der Waals surface area contributed by atoms with E-state index in [4.69, 9.17) is 8.83 Å². The summed E-state index contributed by atoms with van der Waals surface area (Å²) in [6.45, 7) is 5.60. The van der Waals surface area contributed by atoms with Gasteiger partial charge in [0.2, 0.25) is 11.8 Å². The van der Waals surface area contributed by atoms with Crippen LogP contribution < -0.4 is 5.32 Å². The molecule has 4 rings (SSSR count). The fourth-order valence-electron chi connectivity index (χ4n) is 3.00. The second-order valence-electron chi connectivity index (χ2n) is 6.50. The number of amides is 1. The molecule has 0 fully saturated rings. The Morgan fingerprint density at radius 3 is 2.67 bits per heavy atom. The number of nitrogens with one attached hydrogen (secondary N) is 1. The molecule has 2 heterocycles. The van der Waals surface area contributed by atoms with Crippen LogP contribution in [-0.2, 0) is 11.2 Å². The predicted molar refractivity (Wildman–Crippen MR) is 102 cm³/mol. The van der Waals surface area contributed by atoms with Crippen LogP contribution in [0.2, 0.25) is 0 Å². The number of carbonyl (C=O) groups excluding carboxylic acids is 1. The third kappa shape index (κ3) is 3.46. The monoisotopic (exact) mass is 361 g/mol. The molecule has 0 aliphatic rings. The maximum Gasteiger partial charge on any atom is 0.230 e. The minimum Gasteiger partial charge on any atom is -0.441 e. The van der Waals surface area contributed by atoms with Crippen molar-refractivity contribution in [1.29, 1.82) is 0 Å². The maximum absolute atomic E-state index is 12.5. The molecule has 4 aromatic rings. The second-order valence-corrected chi connectivity index (χ2v) is 6.50. The largest absolute Gasteiger partial charge is 0.441 e. The number of oxazole rings is 2. The number of para-hydroxylation sites is 1. The first-order valence-corrected chi connectivity index (χ1v) is 8.69. The number of rotatable bonds is 4. The summed E-state index contributed by atoms with van der Waals surface area (Å²) in [5, 5.41) is 2.88. The van der Waals surface area contributed by atoms with Crippen LogP contribution in [0.25, 0.3) is 22.6 Å². The van der Waals surface area contributed by atoms with Crippen LogP contribution in [-0.4, -0.2) is 15.9 Å². The SMILES string of the molecule is Cc1cccc(-c2nc(CC(=O)Nc3cccc4nc(C)oc34)c(C)o2)c1. The molecule has 0 unspecified atom stereocenters. The van der Waals surface area contributed by atoms with Gasteiger partial charge >= 0.3 is 0 Å². The first-order valence-electron chi connectivity index (χ1n) is 8.69. The number of aromatic nitrogens is 2. The van der Waals surface area contributed by atoms with Gasteiger partial charge in [-0.1, -0.05) is 23.8 Å². The highest BCUT2D eigenvalue weighted by Gasteiger charge is 2.16. The van der Waals surface area contributed by atoms with Crippen molar-refractivity contribution in [2.24, 2.45) is 0 Å². The van der Waals surface area contributed by atoms with E-state index in [1.165, 1.54) is 0 Å². The van der Waals surface area contributed by atoms with Gasteiger partial charge in [-0.3, -0.25) is 4.79 Å². The molecule has 136 valence electrons. The number of nitrogens with zero attached hydrogens (tertiary/aromatic N) is 2. The molecule has 0 atom stereocenters. The molecule has 1 amide bonds. The average Bonchev–Trinajstić information content (AvgIpc) is 3.18. The first kappa shape index (κ1) is 17.0. The number of anilines is 1. The lowest BCUT2D eigenvalue weighted by Gasteiger charge is -2.04. The molecule has 0 saturated carbocycles. The molecular formula is C21H19N3O3. The van der Waals surface area contributed by atoms with E-state index in [-0.39, 0.29) is 12.3 Å². The number of benzene rings is 2. The van der Waals surface area contributed by atoms with E-state index in [1.807, 2.05) is 50.2 Å². The van der Waals surface area contributed by atoms with E-state index in [9.17, 15) is 4.79 Å². The van der Waals surface area contributed by atoms with Gasteiger partial charge in [-0.2, -0.15) is 0 Å². The second kappa shape index (κ2) is 6.72. The van der Waals surface area contributed by atoms with Crippen molar-refractivity contribution in [3.05, 3.63) is 65.4 Å². The van der Waals surface area contributed by atoms with Gasteiger partial charge in [0.05, 0.1) is 17.8 Å². The van der Waals surface area contributed by atoms with Gasteiger partial charge in [0.1, 0.15) is 11.3 Å². The van der Waals surface area contributed by atoms with Gasteiger partial charge < -0.3 is 14.2 Å². The number of hydrogen-bond acceptors (Lipinski definition) is 5. The van der Waals surface area contributed by atoms with Crippen LogP contribution in [0.3, 0.4) is 0 Å². The van der Waals surface area contributed by atoms with E-state index in [0.717, 1.165) is 11.1 Å². The Hall–Kier alpha value is -3.41. The van der Waals surface area contributed by atoms with E-state index < -0.39 is 0 Å². The van der Waals surface area contributed by atoms with E-state index >= 15 is 0 Å². The highest BCUT2D eigenvalue weighted by atomic mass is 16.4. The fraction of sp³-hybridized carbons (Fsp3) is 0.190. The molecule has 0 spiro atoms. The molecule has 0 aliphatic carbocycles. The molecule has 0 radical (unpaired) electrons. The minimum absolute atomic E-state index is 0.116. The molecule has 27 heavy (non-hydrogen) atoms. The molecule has 2 aromatic heterocycles. The maximum atomic E-state index is 12.5. The smallest absolute Gasteiger partial charge is 0.230 e. The Kier molecular flexibility index (Phi) is 4.24. The summed E-state index contributed by atoms with van der Waals surface area (Å²) in [5.41, 5.74) is 4.51. The topological polar surface area (TPSA) is 81.2 Å². The Balaban J connectivity index is 1.54. The standard InChI is InChI=1S/C21H19N3O3/c1-12-6-4-7-15(10-12)21-24-18(13(2)26-21)11-19(25)23-17-9-5-8-16-20(17)27-14(3)22-16/h4-10H,11H2,1-3H3,(H,23,25). The quantitative estimate of drug-likeness (QED) is 0.575.